The molecule has 0 radical (unpaired) electrons. The Hall–Kier alpha value is -1.85. The average molecular weight is 344 g/mol. The number of piperidine rings is 1. The van der Waals surface area contributed by atoms with Crippen molar-refractivity contribution in [3.63, 3.8) is 0 Å². The molecule has 0 saturated carbocycles. The molecule has 0 spiro atoms. The van der Waals surface area contributed by atoms with Crippen LogP contribution in [0.2, 0.25) is 0 Å². The third-order valence-corrected chi connectivity index (χ3v) is 4.94. The summed E-state index contributed by atoms with van der Waals surface area (Å²) in [5, 5.41) is 1.26. The standard InChI is InChI=1S/C20H28N2O3/c1-3-24-12-13-25-15(2)20(23)22-10-8-16(9-11-22)19-14-17-6-4-5-7-18(17)21-19/h4-7,14-16,21H,3,8-13H2,1-2H3/t15-/m0/s1. The number of amides is 1. The van der Waals surface area contributed by atoms with Gasteiger partial charge in [-0.2, -0.15) is 0 Å². The Morgan fingerprint density at radius 1 is 1.28 bits per heavy atom. The van der Waals surface area contributed by atoms with Crippen molar-refractivity contribution in [3.05, 3.63) is 36.0 Å². The van der Waals surface area contributed by atoms with Gasteiger partial charge in [0.25, 0.3) is 5.91 Å². The molecule has 1 saturated heterocycles. The summed E-state index contributed by atoms with van der Waals surface area (Å²) < 4.78 is 10.8. The Balaban J connectivity index is 1.50. The van der Waals surface area contributed by atoms with Crippen LogP contribution in [-0.4, -0.2) is 54.8 Å². The van der Waals surface area contributed by atoms with Gasteiger partial charge in [0.15, 0.2) is 0 Å². The predicted octanol–water partition coefficient (Wildman–Crippen LogP) is 3.32. The molecule has 136 valence electrons. The lowest BCUT2D eigenvalue weighted by Gasteiger charge is -2.33. The minimum Gasteiger partial charge on any atom is -0.379 e. The maximum absolute atomic E-state index is 12.5. The van der Waals surface area contributed by atoms with Crippen LogP contribution in [0, 0.1) is 0 Å². The van der Waals surface area contributed by atoms with Crippen molar-refractivity contribution in [2.24, 2.45) is 0 Å². The number of fused-ring (bicyclic) bond motifs is 1. The largest absolute Gasteiger partial charge is 0.379 e. The Labute approximate surface area is 149 Å². The Morgan fingerprint density at radius 2 is 2.04 bits per heavy atom. The van der Waals surface area contributed by atoms with E-state index in [0.29, 0.717) is 25.7 Å². The van der Waals surface area contributed by atoms with Crippen LogP contribution in [0.25, 0.3) is 10.9 Å². The summed E-state index contributed by atoms with van der Waals surface area (Å²) >= 11 is 0. The van der Waals surface area contributed by atoms with E-state index < -0.39 is 6.10 Å². The highest BCUT2D eigenvalue weighted by Gasteiger charge is 2.27. The van der Waals surface area contributed by atoms with E-state index >= 15 is 0 Å². The van der Waals surface area contributed by atoms with Crippen molar-refractivity contribution in [2.75, 3.05) is 32.9 Å². The van der Waals surface area contributed by atoms with Gasteiger partial charge in [-0.25, -0.2) is 0 Å². The maximum Gasteiger partial charge on any atom is 0.251 e. The molecule has 0 unspecified atom stereocenters. The Bertz CT molecular complexity index is 656. The minimum atomic E-state index is -0.398. The second kappa shape index (κ2) is 8.50. The lowest BCUT2D eigenvalue weighted by molar-refractivity contribution is -0.144. The lowest BCUT2D eigenvalue weighted by atomic mass is 9.93. The molecule has 3 rings (SSSR count). The van der Waals surface area contributed by atoms with Gasteiger partial charge in [0.1, 0.15) is 6.10 Å². The molecule has 1 aliphatic heterocycles. The molecule has 1 atom stereocenters. The van der Waals surface area contributed by atoms with Crippen LogP contribution in [0.3, 0.4) is 0 Å². The second-order valence-corrected chi connectivity index (χ2v) is 6.62. The lowest BCUT2D eigenvalue weighted by Crippen LogP contribution is -2.43. The van der Waals surface area contributed by atoms with Gasteiger partial charge in [0.05, 0.1) is 13.2 Å². The monoisotopic (exact) mass is 344 g/mol. The molecular formula is C20H28N2O3. The summed E-state index contributed by atoms with van der Waals surface area (Å²) in [6.07, 6.45) is 1.58. The summed E-state index contributed by atoms with van der Waals surface area (Å²) in [5.41, 5.74) is 2.47. The smallest absolute Gasteiger partial charge is 0.251 e. The van der Waals surface area contributed by atoms with Crippen molar-refractivity contribution >= 4 is 16.8 Å². The molecule has 1 aliphatic rings. The molecule has 25 heavy (non-hydrogen) atoms. The molecule has 5 nitrogen and oxygen atoms in total. The molecule has 5 heteroatoms. The van der Waals surface area contributed by atoms with E-state index in [1.54, 1.807) is 0 Å². The topological polar surface area (TPSA) is 54.6 Å². The first-order chi connectivity index (χ1) is 12.2. The molecule has 1 aromatic carbocycles. The highest BCUT2D eigenvalue weighted by molar-refractivity contribution is 5.81. The molecule has 2 heterocycles. The fourth-order valence-electron chi connectivity index (χ4n) is 3.48. The zero-order valence-electron chi connectivity index (χ0n) is 15.2. The van der Waals surface area contributed by atoms with Crippen molar-refractivity contribution in [1.82, 2.24) is 9.88 Å². The fourth-order valence-corrected chi connectivity index (χ4v) is 3.48. The Kier molecular flexibility index (Phi) is 6.10. The summed E-state index contributed by atoms with van der Waals surface area (Å²) in [4.78, 5) is 18.0. The summed E-state index contributed by atoms with van der Waals surface area (Å²) in [6.45, 7) is 7.04. The number of nitrogens with zero attached hydrogens (tertiary/aromatic N) is 1. The number of carbonyl (C=O) groups is 1. The number of hydrogen-bond acceptors (Lipinski definition) is 3. The van der Waals surface area contributed by atoms with Crippen molar-refractivity contribution in [3.8, 4) is 0 Å². The number of benzene rings is 1. The maximum atomic E-state index is 12.5. The number of nitrogens with one attached hydrogen (secondary N) is 1. The zero-order chi connectivity index (χ0) is 17.6. The van der Waals surface area contributed by atoms with E-state index in [2.05, 4.69) is 35.3 Å². The number of rotatable bonds is 7. The third kappa shape index (κ3) is 4.41. The molecule has 2 aromatic rings. The molecule has 0 aliphatic carbocycles. The quantitative estimate of drug-likeness (QED) is 0.784. The number of aromatic nitrogens is 1. The van der Waals surface area contributed by atoms with Crippen molar-refractivity contribution in [2.45, 2.75) is 38.7 Å². The van der Waals surface area contributed by atoms with Gasteiger partial charge in [-0.3, -0.25) is 4.79 Å². The van der Waals surface area contributed by atoms with E-state index in [9.17, 15) is 4.79 Å². The second-order valence-electron chi connectivity index (χ2n) is 6.62. The van der Waals surface area contributed by atoms with Gasteiger partial charge in [-0.15, -0.1) is 0 Å². The summed E-state index contributed by atoms with van der Waals surface area (Å²) in [7, 11) is 0. The number of aromatic amines is 1. The van der Waals surface area contributed by atoms with E-state index in [-0.39, 0.29) is 5.91 Å². The summed E-state index contributed by atoms with van der Waals surface area (Å²) in [6, 6.07) is 10.6. The van der Waals surface area contributed by atoms with Gasteiger partial charge in [0, 0.05) is 36.8 Å². The highest BCUT2D eigenvalue weighted by Crippen LogP contribution is 2.30. The normalized spacial score (nSPS) is 17.1. The van der Waals surface area contributed by atoms with Crippen LogP contribution in [0.1, 0.15) is 38.3 Å². The molecule has 1 fully saturated rings. The van der Waals surface area contributed by atoms with Gasteiger partial charge >= 0.3 is 0 Å². The van der Waals surface area contributed by atoms with Crippen molar-refractivity contribution < 1.29 is 14.3 Å². The molecule has 0 bridgehead atoms. The van der Waals surface area contributed by atoms with Gasteiger partial charge in [-0.1, -0.05) is 18.2 Å². The molecule has 1 N–H and O–H groups in total. The predicted molar refractivity (Wildman–Crippen MR) is 98.8 cm³/mol. The first-order valence-corrected chi connectivity index (χ1v) is 9.24. The first-order valence-electron chi connectivity index (χ1n) is 9.24. The summed E-state index contributed by atoms with van der Waals surface area (Å²) in [5.74, 6) is 0.581. The van der Waals surface area contributed by atoms with E-state index in [1.807, 2.05) is 18.7 Å². The van der Waals surface area contributed by atoms with E-state index in [1.165, 1.54) is 16.6 Å². The van der Waals surface area contributed by atoms with Crippen LogP contribution in [0.4, 0.5) is 0 Å². The molecule has 1 amide bonds. The average Bonchev–Trinajstić information content (AvgIpc) is 3.09. The van der Waals surface area contributed by atoms with Crippen LogP contribution >= 0.6 is 0 Å². The number of hydrogen-bond donors (Lipinski definition) is 1. The van der Waals surface area contributed by atoms with E-state index in [4.69, 9.17) is 9.47 Å². The molecular weight excluding hydrogens is 316 g/mol. The van der Waals surface area contributed by atoms with Gasteiger partial charge < -0.3 is 19.4 Å². The van der Waals surface area contributed by atoms with Crippen LogP contribution < -0.4 is 0 Å². The molecule has 1 aromatic heterocycles. The zero-order valence-corrected chi connectivity index (χ0v) is 15.2. The highest BCUT2D eigenvalue weighted by atomic mass is 16.5. The van der Waals surface area contributed by atoms with Crippen molar-refractivity contribution in [1.29, 1.82) is 0 Å². The first kappa shape index (κ1) is 18.0. The van der Waals surface area contributed by atoms with Gasteiger partial charge in [-0.05, 0) is 44.2 Å². The van der Waals surface area contributed by atoms with Crippen LogP contribution in [-0.2, 0) is 14.3 Å². The van der Waals surface area contributed by atoms with Crippen LogP contribution in [0.15, 0.2) is 30.3 Å². The third-order valence-electron chi connectivity index (χ3n) is 4.94. The number of likely N-dealkylation sites (tertiary alicyclic amines) is 1. The van der Waals surface area contributed by atoms with Gasteiger partial charge in [0.2, 0.25) is 0 Å². The Morgan fingerprint density at radius 3 is 2.76 bits per heavy atom. The number of carbonyl (C=O) groups excluding carboxylic acids is 1. The number of ether oxygens (including phenoxy) is 2. The SMILES string of the molecule is CCOCCO[C@@H](C)C(=O)N1CCC(c2cc3ccccc3[nH]2)CC1. The minimum absolute atomic E-state index is 0.0894. The fraction of sp³-hybridized carbons (Fsp3) is 0.550. The number of para-hydroxylation sites is 1. The van der Waals surface area contributed by atoms with Crippen LogP contribution in [0.5, 0.6) is 0 Å². The number of H-pyrrole nitrogens is 1. The van der Waals surface area contributed by atoms with E-state index in [0.717, 1.165) is 25.9 Å².